The van der Waals surface area contributed by atoms with Gasteiger partial charge in [-0.2, -0.15) is 0 Å². The van der Waals surface area contributed by atoms with E-state index >= 15 is 0 Å². The first-order chi connectivity index (χ1) is 12.1. The third-order valence-corrected chi connectivity index (χ3v) is 5.42. The van der Waals surface area contributed by atoms with Gasteiger partial charge in [0.25, 0.3) is 0 Å². The molecule has 1 aromatic heterocycles. The number of aromatic hydroxyl groups is 1. The van der Waals surface area contributed by atoms with Gasteiger partial charge in [-0.1, -0.05) is 63.6 Å². The summed E-state index contributed by atoms with van der Waals surface area (Å²) >= 11 is 11.2. The lowest BCUT2D eigenvalue weighted by atomic mass is 10.2. The molecule has 4 nitrogen and oxygen atoms in total. The first-order valence-corrected chi connectivity index (χ1v) is 9.65. The van der Waals surface area contributed by atoms with Crippen molar-refractivity contribution in [3.8, 4) is 17.1 Å². The predicted molar refractivity (Wildman–Crippen MR) is 106 cm³/mol. The molecule has 7 heteroatoms. The molecule has 0 spiro atoms. The highest BCUT2D eigenvalue weighted by molar-refractivity contribution is 9.10. The Morgan fingerprint density at radius 1 is 1.24 bits per heavy atom. The second-order valence-electron chi connectivity index (χ2n) is 5.25. The van der Waals surface area contributed by atoms with Crippen molar-refractivity contribution in [3.63, 3.8) is 0 Å². The molecular formula is C18H15BrClN3OS. The van der Waals surface area contributed by atoms with E-state index in [1.807, 2.05) is 34.9 Å². The van der Waals surface area contributed by atoms with E-state index in [4.69, 9.17) is 11.6 Å². The van der Waals surface area contributed by atoms with Gasteiger partial charge in [0.1, 0.15) is 5.75 Å². The Bertz CT molecular complexity index is 913. The molecule has 0 bridgehead atoms. The van der Waals surface area contributed by atoms with Crippen molar-refractivity contribution in [2.45, 2.75) is 17.5 Å². The number of phenolic OH excluding ortho intramolecular Hbond substituents is 1. The molecule has 1 N–H and O–H groups in total. The molecule has 25 heavy (non-hydrogen) atoms. The highest BCUT2D eigenvalue weighted by atomic mass is 79.9. The van der Waals surface area contributed by atoms with Crippen LogP contribution in [0.4, 0.5) is 0 Å². The van der Waals surface area contributed by atoms with Crippen molar-refractivity contribution in [1.29, 1.82) is 0 Å². The Balaban J connectivity index is 1.93. The Morgan fingerprint density at radius 3 is 2.80 bits per heavy atom. The molecule has 0 unspecified atom stereocenters. The normalized spacial score (nSPS) is 10.8. The molecule has 0 aliphatic carbocycles. The van der Waals surface area contributed by atoms with Gasteiger partial charge in [-0.15, -0.1) is 16.8 Å². The highest BCUT2D eigenvalue weighted by Crippen LogP contribution is 2.33. The smallest absolute Gasteiger partial charge is 0.192 e. The van der Waals surface area contributed by atoms with Gasteiger partial charge in [0.05, 0.1) is 5.56 Å². The highest BCUT2D eigenvalue weighted by Gasteiger charge is 2.17. The molecule has 0 aliphatic rings. The largest absolute Gasteiger partial charge is 0.507 e. The lowest BCUT2D eigenvalue weighted by molar-refractivity contribution is 0.476. The summed E-state index contributed by atoms with van der Waals surface area (Å²) < 4.78 is 2.79. The van der Waals surface area contributed by atoms with E-state index in [1.165, 1.54) is 0 Å². The average molecular weight is 437 g/mol. The van der Waals surface area contributed by atoms with E-state index < -0.39 is 0 Å². The molecule has 128 valence electrons. The van der Waals surface area contributed by atoms with Crippen LogP contribution in [0.2, 0.25) is 5.02 Å². The summed E-state index contributed by atoms with van der Waals surface area (Å²) in [4.78, 5) is 0. The van der Waals surface area contributed by atoms with Gasteiger partial charge in [-0.25, -0.2) is 0 Å². The fraction of sp³-hybridized carbons (Fsp3) is 0.111. The van der Waals surface area contributed by atoms with Crippen molar-refractivity contribution >= 4 is 39.3 Å². The number of halogens is 2. The summed E-state index contributed by atoms with van der Waals surface area (Å²) in [6.07, 6.45) is 1.78. The third-order valence-electron chi connectivity index (χ3n) is 3.54. The minimum atomic E-state index is 0.156. The Kier molecular flexibility index (Phi) is 5.83. The monoisotopic (exact) mass is 435 g/mol. The molecule has 0 saturated carbocycles. The number of benzene rings is 2. The molecule has 2 aromatic carbocycles. The summed E-state index contributed by atoms with van der Waals surface area (Å²) in [6.45, 7) is 4.35. The van der Waals surface area contributed by atoms with Crippen LogP contribution < -0.4 is 0 Å². The molecule has 0 radical (unpaired) electrons. The van der Waals surface area contributed by atoms with Crippen molar-refractivity contribution in [1.82, 2.24) is 14.8 Å². The second kappa shape index (κ2) is 8.08. The zero-order valence-electron chi connectivity index (χ0n) is 13.2. The Morgan fingerprint density at radius 2 is 2.04 bits per heavy atom. The zero-order valence-corrected chi connectivity index (χ0v) is 16.4. The van der Waals surface area contributed by atoms with E-state index in [-0.39, 0.29) is 5.75 Å². The van der Waals surface area contributed by atoms with Gasteiger partial charge in [-0.3, -0.25) is 4.57 Å². The van der Waals surface area contributed by atoms with Crippen molar-refractivity contribution in [2.75, 3.05) is 0 Å². The molecule has 0 saturated heterocycles. The summed E-state index contributed by atoms with van der Waals surface area (Å²) in [7, 11) is 0. The number of aromatic nitrogens is 3. The number of rotatable bonds is 6. The van der Waals surface area contributed by atoms with Crippen LogP contribution in [-0.4, -0.2) is 19.9 Å². The third kappa shape index (κ3) is 4.08. The van der Waals surface area contributed by atoms with Gasteiger partial charge in [0, 0.05) is 21.8 Å². The maximum absolute atomic E-state index is 10.2. The molecule has 1 heterocycles. The number of thioether (sulfide) groups is 1. The minimum Gasteiger partial charge on any atom is -0.507 e. The first-order valence-electron chi connectivity index (χ1n) is 7.49. The van der Waals surface area contributed by atoms with Crippen molar-refractivity contribution in [2.24, 2.45) is 0 Å². The lowest BCUT2D eigenvalue weighted by Crippen LogP contribution is -2.01. The van der Waals surface area contributed by atoms with E-state index in [2.05, 4.69) is 32.7 Å². The molecule has 0 aliphatic heterocycles. The van der Waals surface area contributed by atoms with E-state index in [0.29, 0.717) is 23.7 Å². The van der Waals surface area contributed by atoms with E-state index in [0.717, 1.165) is 20.2 Å². The average Bonchev–Trinajstić information content (AvgIpc) is 2.99. The summed E-state index contributed by atoms with van der Waals surface area (Å²) in [5, 5.41) is 20.2. The number of hydrogen-bond acceptors (Lipinski definition) is 4. The number of phenols is 1. The maximum atomic E-state index is 10.2. The standard InChI is InChI=1S/C18H15BrClN3OS/c1-2-9-23-17(14-10-13(19)7-8-16(14)24)21-22-18(23)25-11-12-5-3-4-6-15(12)20/h2-8,10,24H,1,9,11H2. The van der Waals surface area contributed by atoms with Crippen LogP contribution in [0.1, 0.15) is 5.56 Å². The second-order valence-corrected chi connectivity index (χ2v) is 7.51. The Labute approximate surface area is 163 Å². The number of allylic oxidation sites excluding steroid dienone is 1. The van der Waals surface area contributed by atoms with Gasteiger partial charge in [0.15, 0.2) is 11.0 Å². The van der Waals surface area contributed by atoms with Crippen LogP contribution in [0.15, 0.2) is 64.7 Å². The quantitative estimate of drug-likeness (QED) is 0.407. The SMILES string of the molecule is C=CCn1c(SCc2ccccc2Cl)nnc1-c1cc(Br)ccc1O. The van der Waals surface area contributed by atoms with Crippen LogP contribution in [0, 0.1) is 0 Å². The van der Waals surface area contributed by atoms with Crippen LogP contribution in [0.5, 0.6) is 5.75 Å². The summed E-state index contributed by atoms with van der Waals surface area (Å²) in [5.41, 5.74) is 1.66. The molecule has 3 rings (SSSR count). The minimum absolute atomic E-state index is 0.156. The van der Waals surface area contributed by atoms with Gasteiger partial charge in [-0.05, 0) is 29.8 Å². The Hall–Kier alpha value is -1.76. The fourth-order valence-electron chi connectivity index (χ4n) is 2.33. The lowest BCUT2D eigenvalue weighted by Gasteiger charge is -2.09. The summed E-state index contributed by atoms with van der Waals surface area (Å²) in [6, 6.07) is 13.0. The zero-order chi connectivity index (χ0) is 17.8. The summed E-state index contributed by atoms with van der Waals surface area (Å²) in [5.74, 6) is 1.43. The topological polar surface area (TPSA) is 50.9 Å². The maximum Gasteiger partial charge on any atom is 0.192 e. The van der Waals surface area contributed by atoms with Crippen LogP contribution in [0.3, 0.4) is 0 Å². The molecule has 0 fully saturated rings. The molecular weight excluding hydrogens is 422 g/mol. The number of hydrogen-bond donors (Lipinski definition) is 1. The molecule has 3 aromatic rings. The van der Waals surface area contributed by atoms with Gasteiger partial charge in [0.2, 0.25) is 0 Å². The van der Waals surface area contributed by atoms with Crippen molar-refractivity contribution in [3.05, 3.63) is 70.2 Å². The molecule has 0 amide bonds. The van der Waals surface area contributed by atoms with Crippen LogP contribution in [-0.2, 0) is 12.3 Å². The predicted octanol–water partition coefficient (Wildman–Crippen LogP) is 5.54. The molecule has 0 atom stereocenters. The van der Waals surface area contributed by atoms with Gasteiger partial charge < -0.3 is 5.11 Å². The fourth-order valence-corrected chi connectivity index (χ4v) is 3.93. The van der Waals surface area contributed by atoms with Crippen LogP contribution >= 0.6 is 39.3 Å². The van der Waals surface area contributed by atoms with E-state index in [9.17, 15) is 5.11 Å². The van der Waals surface area contributed by atoms with E-state index in [1.54, 1.807) is 30.0 Å². The number of nitrogens with zero attached hydrogens (tertiary/aromatic N) is 3. The van der Waals surface area contributed by atoms with Crippen LogP contribution in [0.25, 0.3) is 11.4 Å². The van der Waals surface area contributed by atoms with Gasteiger partial charge >= 0.3 is 0 Å². The van der Waals surface area contributed by atoms with Crippen molar-refractivity contribution < 1.29 is 5.11 Å². The first kappa shape index (κ1) is 18.0.